The van der Waals surface area contributed by atoms with Gasteiger partial charge in [-0.3, -0.25) is 0 Å². The Morgan fingerprint density at radius 3 is 2.29 bits per heavy atom. The van der Waals surface area contributed by atoms with Crippen molar-refractivity contribution in [3.05, 3.63) is 23.8 Å². The van der Waals surface area contributed by atoms with Gasteiger partial charge in [0.05, 0.1) is 14.2 Å². The molecule has 1 saturated carbocycles. The van der Waals surface area contributed by atoms with Crippen molar-refractivity contribution in [2.24, 2.45) is 0 Å². The van der Waals surface area contributed by atoms with Crippen LogP contribution in [0.3, 0.4) is 0 Å². The van der Waals surface area contributed by atoms with Crippen molar-refractivity contribution in [3.63, 3.8) is 0 Å². The van der Waals surface area contributed by atoms with Gasteiger partial charge in [0, 0.05) is 17.5 Å². The lowest BCUT2D eigenvalue weighted by molar-refractivity contribution is 0.371. The van der Waals surface area contributed by atoms with E-state index in [1.54, 1.807) is 14.2 Å². The first-order valence-electron chi connectivity index (χ1n) is 6.20. The van der Waals surface area contributed by atoms with Crippen LogP contribution in [0.2, 0.25) is 0 Å². The van der Waals surface area contributed by atoms with Crippen molar-refractivity contribution in [2.75, 3.05) is 21.3 Å². The molecule has 3 nitrogen and oxygen atoms in total. The Kier molecular flexibility index (Phi) is 3.89. The van der Waals surface area contributed by atoms with Crippen molar-refractivity contribution in [3.8, 4) is 11.5 Å². The first-order valence-corrected chi connectivity index (χ1v) is 6.20. The number of hydrogen-bond acceptors (Lipinski definition) is 3. The highest BCUT2D eigenvalue weighted by molar-refractivity contribution is 5.48. The molecule has 0 saturated heterocycles. The van der Waals surface area contributed by atoms with E-state index in [-0.39, 0.29) is 0 Å². The first kappa shape index (κ1) is 12.2. The average molecular weight is 235 g/mol. The molecule has 94 valence electrons. The lowest BCUT2D eigenvalue weighted by Gasteiger charge is -2.23. The minimum atomic E-state index is 0.492. The molecule has 0 spiro atoms. The lowest BCUT2D eigenvalue weighted by atomic mass is 9.92. The molecule has 3 heteroatoms. The van der Waals surface area contributed by atoms with Gasteiger partial charge < -0.3 is 14.8 Å². The van der Waals surface area contributed by atoms with Gasteiger partial charge in [0.1, 0.15) is 11.5 Å². The van der Waals surface area contributed by atoms with Gasteiger partial charge in [0.15, 0.2) is 0 Å². The molecule has 0 heterocycles. The van der Waals surface area contributed by atoms with Gasteiger partial charge in [-0.25, -0.2) is 0 Å². The van der Waals surface area contributed by atoms with Gasteiger partial charge >= 0.3 is 0 Å². The first-order chi connectivity index (χ1) is 8.31. The van der Waals surface area contributed by atoms with Crippen LogP contribution in [-0.2, 0) is 0 Å². The SMILES string of the molecule is CNC1CCCC1c1c(OC)cccc1OC. The number of benzene rings is 1. The maximum Gasteiger partial charge on any atom is 0.126 e. The van der Waals surface area contributed by atoms with Crippen LogP contribution in [0.25, 0.3) is 0 Å². The van der Waals surface area contributed by atoms with E-state index >= 15 is 0 Å². The molecule has 1 aromatic rings. The quantitative estimate of drug-likeness (QED) is 0.870. The molecule has 0 amide bonds. The molecule has 2 rings (SSSR count). The smallest absolute Gasteiger partial charge is 0.126 e. The number of methoxy groups -OCH3 is 2. The standard InChI is InChI=1S/C14H21NO2/c1-15-11-7-4-6-10(11)14-12(16-2)8-5-9-13(14)17-3/h5,8-11,15H,4,6-7H2,1-3H3. The Bertz CT molecular complexity index is 356. The van der Waals surface area contributed by atoms with Crippen LogP contribution in [0.15, 0.2) is 18.2 Å². The predicted molar refractivity (Wildman–Crippen MR) is 69.0 cm³/mol. The second-order valence-corrected chi connectivity index (χ2v) is 4.51. The minimum Gasteiger partial charge on any atom is -0.496 e. The predicted octanol–water partition coefficient (Wildman–Crippen LogP) is 2.56. The third-order valence-electron chi connectivity index (χ3n) is 3.72. The van der Waals surface area contributed by atoms with E-state index < -0.39 is 0 Å². The molecule has 1 aromatic carbocycles. The Labute approximate surface area is 103 Å². The van der Waals surface area contributed by atoms with Crippen molar-refractivity contribution >= 4 is 0 Å². The summed E-state index contributed by atoms with van der Waals surface area (Å²) in [5.74, 6) is 2.37. The van der Waals surface area contributed by atoms with E-state index in [1.165, 1.54) is 24.8 Å². The summed E-state index contributed by atoms with van der Waals surface area (Å²) in [6.45, 7) is 0. The zero-order valence-corrected chi connectivity index (χ0v) is 10.8. The molecule has 1 fully saturated rings. The number of rotatable bonds is 4. The summed E-state index contributed by atoms with van der Waals surface area (Å²) in [7, 11) is 5.48. The van der Waals surface area contributed by atoms with Crippen LogP contribution >= 0.6 is 0 Å². The molecule has 0 aromatic heterocycles. The largest absolute Gasteiger partial charge is 0.496 e. The average Bonchev–Trinajstić information content (AvgIpc) is 2.85. The van der Waals surface area contributed by atoms with E-state index in [2.05, 4.69) is 5.32 Å². The van der Waals surface area contributed by atoms with Gasteiger partial charge in [-0.05, 0) is 32.0 Å². The Morgan fingerprint density at radius 2 is 1.76 bits per heavy atom. The number of ether oxygens (including phenoxy) is 2. The molecule has 1 aliphatic rings. The van der Waals surface area contributed by atoms with Crippen LogP contribution in [0, 0.1) is 0 Å². The van der Waals surface area contributed by atoms with Crippen molar-refractivity contribution in [1.82, 2.24) is 5.32 Å². The molecule has 17 heavy (non-hydrogen) atoms. The summed E-state index contributed by atoms with van der Waals surface area (Å²) < 4.78 is 11.0. The van der Waals surface area contributed by atoms with Gasteiger partial charge in [-0.2, -0.15) is 0 Å². The highest BCUT2D eigenvalue weighted by Crippen LogP contribution is 2.43. The van der Waals surface area contributed by atoms with E-state index in [0.717, 1.165) is 11.5 Å². The van der Waals surface area contributed by atoms with E-state index in [0.29, 0.717) is 12.0 Å². The van der Waals surface area contributed by atoms with E-state index in [1.807, 2.05) is 25.2 Å². The molecule has 0 radical (unpaired) electrons. The molecule has 1 aliphatic carbocycles. The number of nitrogens with one attached hydrogen (secondary N) is 1. The lowest BCUT2D eigenvalue weighted by Crippen LogP contribution is -2.28. The van der Waals surface area contributed by atoms with Crippen LogP contribution in [-0.4, -0.2) is 27.3 Å². The summed E-state index contributed by atoms with van der Waals surface area (Å²) in [5.41, 5.74) is 1.22. The summed E-state index contributed by atoms with van der Waals surface area (Å²) >= 11 is 0. The maximum absolute atomic E-state index is 5.49. The van der Waals surface area contributed by atoms with E-state index in [9.17, 15) is 0 Å². The molecule has 0 aliphatic heterocycles. The van der Waals surface area contributed by atoms with Gasteiger partial charge in [0.25, 0.3) is 0 Å². The zero-order valence-electron chi connectivity index (χ0n) is 10.8. The monoisotopic (exact) mass is 235 g/mol. The third-order valence-corrected chi connectivity index (χ3v) is 3.72. The molecule has 1 N–H and O–H groups in total. The highest BCUT2D eigenvalue weighted by atomic mass is 16.5. The van der Waals surface area contributed by atoms with Crippen LogP contribution in [0.4, 0.5) is 0 Å². The molecule has 2 unspecified atom stereocenters. The van der Waals surface area contributed by atoms with Crippen LogP contribution in [0.5, 0.6) is 11.5 Å². The molecule has 0 bridgehead atoms. The van der Waals surface area contributed by atoms with Crippen molar-refractivity contribution in [1.29, 1.82) is 0 Å². The second kappa shape index (κ2) is 5.41. The minimum absolute atomic E-state index is 0.492. The fraction of sp³-hybridized carbons (Fsp3) is 0.571. The fourth-order valence-electron chi connectivity index (χ4n) is 2.90. The summed E-state index contributed by atoms with van der Waals surface area (Å²) in [4.78, 5) is 0. The molecular weight excluding hydrogens is 214 g/mol. The number of likely N-dealkylation sites (N-methyl/N-ethyl adjacent to an activating group) is 1. The van der Waals surface area contributed by atoms with E-state index in [4.69, 9.17) is 9.47 Å². The summed E-state index contributed by atoms with van der Waals surface area (Å²) in [5, 5.41) is 3.40. The maximum atomic E-state index is 5.49. The molecular formula is C14H21NO2. The van der Waals surface area contributed by atoms with Crippen molar-refractivity contribution in [2.45, 2.75) is 31.2 Å². The second-order valence-electron chi connectivity index (χ2n) is 4.51. The van der Waals surface area contributed by atoms with Crippen molar-refractivity contribution < 1.29 is 9.47 Å². The summed E-state index contributed by atoms with van der Waals surface area (Å²) in [6.07, 6.45) is 3.68. The Hall–Kier alpha value is -1.22. The fourth-order valence-corrected chi connectivity index (χ4v) is 2.90. The van der Waals surface area contributed by atoms with Crippen LogP contribution < -0.4 is 14.8 Å². The van der Waals surface area contributed by atoms with Gasteiger partial charge in [-0.1, -0.05) is 12.5 Å². The third kappa shape index (κ3) is 2.25. The number of hydrogen-bond donors (Lipinski definition) is 1. The highest BCUT2D eigenvalue weighted by Gasteiger charge is 2.31. The Morgan fingerprint density at radius 1 is 1.12 bits per heavy atom. The molecule has 2 atom stereocenters. The zero-order chi connectivity index (χ0) is 12.3. The van der Waals surface area contributed by atoms with Crippen LogP contribution in [0.1, 0.15) is 30.7 Å². The van der Waals surface area contributed by atoms with Gasteiger partial charge in [0.2, 0.25) is 0 Å². The Balaban J connectivity index is 2.41. The van der Waals surface area contributed by atoms with Gasteiger partial charge in [-0.15, -0.1) is 0 Å². The topological polar surface area (TPSA) is 30.5 Å². The summed E-state index contributed by atoms with van der Waals surface area (Å²) in [6, 6.07) is 6.54. The normalized spacial score (nSPS) is 23.7.